The zero-order valence-corrected chi connectivity index (χ0v) is 24.4. The summed E-state index contributed by atoms with van der Waals surface area (Å²) in [7, 11) is 8.47. The molecule has 2 aromatic carbocycles. The fourth-order valence-electron chi connectivity index (χ4n) is 4.62. The van der Waals surface area contributed by atoms with Crippen molar-refractivity contribution in [2.24, 2.45) is 12.0 Å². The number of aliphatic imine (C=N–C) groups is 1. The monoisotopic (exact) mass is 514 g/mol. The molecular weight excluding hydrogens is 468 g/mol. The van der Waals surface area contributed by atoms with Crippen LogP contribution in [0.3, 0.4) is 0 Å². The van der Waals surface area contributed by atoms with Crippen molar-refractivity contribution in [3.8, 4) is 0 Å². The number of allylic oxidation sites excluding steroid dienone is 3. The van der Waals surface area contributed by atoms with Crippen LogP contribution in [0, 0.1) is 0 Å². The van der Waals surface area contributed by atoms with Crippen molar-refractivity contribution in [3.05, 3.63) is 72.1 Å². The van der Waals surface area contributed by atoms with Gasteiger partial charge in [0.15, 0.2) is 0 Å². The van der Waals surface area contributed by atoms with Crippen molar-refractivity contribution in [2.75, 3.05) is 56.4 Å². The summed E-state index contributed by atoms with van der Waals surface area (Å²) in [5.74, 6) is 0. The number of benzene rings is 2. The molecule has 3 aromatic rings. The first-order valence-electron chi connectivity index (χ1n) is 13.7. The number of aromatic nitrogens is 1. The Bertz CT molecular complexity index is 1280. The number of nitrogens with one attached hydrogen (secondary N) is 2. The van der Waals surface area contributed by atoms with Crippen molar-refractivity contribution in [3.63, 3.8) is 0 Å². The highest BCUT2D eigenvalue weighted by Gasteiger charge is 2.14. The molecule has 0 atom stereocenters. The van der Waals surface area contributed by atoms with Gasteiger partial charge in [-0.1, -0.05) is 45.0 Å². The number of nitrogens with zero attached hydrogens (tertiary/aromatic N) is 4. The van der Waals surface area contributed by atoms with Crippen LogP contribution in [-0.2, 0) is 13.5 Å². The molecule has 1 heterocycles. The van der Waals surface area contributed by atoms with Crippen LogP contribution < -0.4 is 15.5 Å². The summed E-state index contributed by atoms with van der Waals surface area (Å²) >= 11 is 0. The highest BCUT2D eigenvalue weighted by atomic mass is 15.2. The van der Waals surface area contributed by atoms with Crippen molar-refractivity contribution < 1.29 is 0 Å². The van der Waals surface area contributed by atoms with Crippen LogP contribution in [0.2, 0.25) is 0 Å². The summed E-state index contributed by atoms with van der Waals surface area (Å²) in [6, 6.07) is 13.0. The highest BCUT2D eigenvalue weighted by molar-refractivity contribution is 5.96. The average Bonchev–Trinajstić information content (AvgIpc) is 3.23. The lowest BCUT2D eigenvalue weighted by atomic mass is 10.1. The molecule has 0 spiro atoms. The zero-order valence-electron chi connectivity index (χ0n) is 24.4. The van der Waals surface area contributed by atoms with Gasteiger partial charge in [-0.2, -0.15) is 0 Å². The SMILES string of the molecule is C=C(CCC)Nc1cc(NC/N=C\C=C(/C)c2cn(C)c3ccccc23)c(CC)cc1N(C)CCN(C)C. The predicted molar refractivity (Wildman–Crippen MR) is 169 cm³/mol. The van der Waals surface area contributed by atoms with Crippen LogP contribution in [0.1, 0.15) is 44.7 Å². The molecule has 0 aliphatic carbocycles. The Balaban J connectivity index is 1.77. The van der Waals surface area contributed by atoms with Crippen molar-refractivity contribution in [2.45, 2.75) is 40.0 Å². The predicted octanol–water partition coefficient (Wildman–Crippen LogP) is 7.01. The maximum atomic E-state index is 4.65. The number of anilines is 3. The Morgan fingerprint density at radius 3 is 2.55 bits per heavy atom. The van der Waals surface area contributed by atoms with E-state index in [-0.39, 0.29) is 0 Å². The van der Waals surface area contributed by atoms with E-state index in [1.807, 2.05) is 6.21 Å². The number of hydrogen-bond acceptors (Lipinski definition) is 5. The highest BCUT2D eigenvalue weighted by Crippen LogP contribution is 2.34. The van der Waals surface area contributed by atoms with Gasteiger partial charge in [0.2, 0.25) is 0 Å². The molecule has 0 unspecified atom stereocenters. The molecule has 2 N–H and O–H groups in total. The zero-order chi connectivity index (χ0) is 27.7. The topological polar surface area (TPSA) is 47.8 Å². The second-order valence-corrected chi connectivity index (χ2v) is 10.3. The van der Waals surface area contributed by atoms with Crippen LogP contribution in [0.25, 0.3) is 16.5 Å². The van der Waals surface area contributed by atoms with Gasteiger partial charge in [-0.25, -0.2) is 0 Å². The fraction of sp³-hybridized carbons (Fsp3) is 0.406. The Morgan fingerprint density at radius 1 is 1.08 bits per heavy atom. The third kappa shape index (κ3) is 7.51. The minimum Gasteiger partial charge on any atom is -0.372 e. The molecular formula is C32H46N6. The maximum absolute atomic E-state index is 4.65. The summed E-state index contributed by atoms with van der Waals surface area (Å²) in [6.07, 6.45) is 9.14. The third-order valence-electron chi connectivity index (χ3n) is 6.87. The third-order valence-corrected chi connectivity index (χ3v) is 6.87. The quantitative estimate of drug-likeness (QED) is 0.227. The summed E-state index contributed by atoms with van der Waals surface area (Å²) < 4.78 is 2.18. The van der Waals surface area contributed by atoms with Crippen LogP contribution in [0.4, 0.5) is 17.1 Å². The van der Waals surface area contributed by atoms with E-state index in [9.17, 15) is 0 Å². The van der Waals surface area contributed by atoms with Gasteiger partial charge in [-0.05, 0) is 69.3 Å². The molecule has 0 aliphatic rings. The first-order valence-corrected chi connectivity index (χ1v) is 13.7. The summed E-state index contributed by atoms with van der Waals surface area (Å²) in [4.78, 5) is 9.18. The Hall–Kier alpha value is -3.51. The van der Waals surface area contributed by atoms with E-state index < -0.39 is 0 Å². The summed E-state index contributed by atoms with van der Waals surface area (Å²) in [5.41, 5.74) is 9.39. The number of fused-ring (bicyclic) bond motifs is 1. The van der Waals surface area contributed by atoms with Gasteiger partial charge in [-0.15, -0.1) is 0 Å². The molecule has 0 radical (unpaired) electrons. The Kier molecular flexibility index (Phi) is 10.6. The molecule has 38 heavy (non-hydrogen) atoms. The normalized spacial score (nSPS) is 12.1. The Morgan fingerprint density at radius 2 is 1.84 bits per heavy atom. The van der Waals surface area contributed by atoms with Gasteiger partial charge < -0.3 is 25.0 Å². The molecule has 1 aromatic heterocycles. The Labute approximate surface area is 229 Å². The van der Waals surface area contributed by atoms with E-state index in [1.165, 1.54) is 33.3 Å². The second-order valence-electron chi connectivity index (χ2n) is 10.3. The first kappa shape index (κ1) is 29.1. The van der Waals surface area contributed by atoms with Gasteiger partial charge in [0, 0.05) is 67.4 Å². The molecule has 0 saturated heterocycles. The molecule has 0 bridgehead atoms. The molecule has 6 heteroatoms. The molecule has 3 rings (SSSR count). The first-order chi connectivity index (χ1) is 18.2. The van der Waals surface area contributed by atoms with Crippen LogP contribution in [0.15, 0.2) is 65.9 Å². The van der Waals surface area contributed by atoms with Crippen molar-refractivity contribution in [1.29, 1.82) is 0 Å². The fourth-order valence-corrected chi connectivity index (χ4v) is 4.62. The number of aryl methyl sites for hydroxylation is 2. The number of hydrogen-bond donors (Lipinski definition) is 2. The van der Waals surface area contributed by atoms with Gasteiger partial charge in [0.05, 0.1) is 11.4 Å². The lowest BCUT2D eigenvalue weighted by molar-refractivity contribution is 0.416. The van der Waals surface area contributed by atoms with Crippen LogP contribution in [0.5, 0.6) is 0 Å². The van der Waals surface area contributed by atoms with E-state index in [0.29, 0.717) is 6.67 Å². The number of rotatable bonds is 14. The minimum atomic E-state index is 0.511. The lowest BCUT2D eigenvalue weighted by Crippen LogP contribution is -2.29. The number of likely N-dealkylation sites (N-methyl/N-ethyl adjacent to an activating group) is 2. The van der Waals surface area contributed by atoms with Crippen molar-refractivity contribution >= 4 is 39.8 Å². The van der Waals surface area contributed by atoms with Gasteiger partial charge >= 0.3 is 0 Å². The van der Waals surface area contributed by atoms with Gasteiger partial charge in [-0.3, -0.25) is 4.99 Å². The van der Waals surface area contributed by atoms with E-state index in [2.05, 4.69) is 134 Å². The smallest absolute Gasteiger partial charge is 0.107 e. The van der Waals surface area contributed by atoms with Crippen LogP contribution >= 0.6 is 0 Å². The lowest BCUT2D eigenvalue weighted by Gasteiger charge is -2.27. The number of para-hydroxylation sites is 1. The molecule has 0 fully saturated rings. The van der Waals surface area contributed by atoms with E-state index >= 15 is 0 Å². The molecule has 0 aliphatic heterocycles. The molecule has 204 valence electrons. The second kappa shape index (κ2) is 13.9. The minimum absolute atomic E-state index is 0.511. The van der Waals surface area contributed by atoms with E-state index in [1.54, 1.807) is 0 Å². The van der Waals surface area contributed by atoms with E-state index in [0.717, 1.165) is 49.4 Å². The van der Waals surface area contributed by atoms with Crippen LogP contribution in [-0.4, -0.2) is 56.6 Å². The molecule has 6 nitrogen and oxygen atoms in total. The van der Waals surface area contributed by atoms with E-state index in [4.69, 9.17) is 0 Å². The van der Waals surface area contributed by atoms with Crippen molar-refractivity contribution in [1.82, 2.24) is 9.47 Å². The standard InChI is InChI=1S/C32H46N6/c1-9-13-25(4)35-30-21-29(26(10-2)20-32(30)37(7)19-18-36(5)6)34-23-33-17-16-24(3)28-22-38(8)31-15-12-11-14-27(28)31/h11-12,14-17,20-22,34-35H,4,9-10,13,18-19,23H2,1-3,5-8H3/b24-16+,33-17-. The van der Waals surface area contributed by atoms with Gasteiger partial charge in [0.25, 0.3) is 0 Å². The molecule has 0 saturated carbocycles. The maximum Gasteiger partial charge on any atom is 0.107 e. The largest absolute Gasteiger partial charge is 0.372 e. The van der Waals surface area contributed by atoms with Gasteiger partial charge in [0.1, 0.15) is 6.67 Å². The average molecular weight is 515 g/mol. The molecule has 0 amide bonds. The summed E-state index contributed by atoms with van der Waals surface area (Å²) in [5, 5.41) is 8.40. The summed E-state index contributed by atoms with van der Waals surface area (Å²) in [6.45, 7) is 13.2.